The second-order valence-corrected chi connectivity index (χ2v) is 4.23. The van der Waals surface area contributed by atoms with Crippen molar-refractivity contribution >= 4 is 22.2 Å². The third kappa shape index (κ3) is 3.65. The van der Waals surface area contributed by atoms with Gasteiger partial charge in [0.2, 0.25) is 0 Å². The molecule has 0 aliphatic carbocycles. The van der Waals surface area contributed by atoms with E-state index < -0.39 is 5.41 Å². The molecule has 0 fully saturated rings. The van der Waals surface area contributed by atoms with Gasteiger partial charge in [-0.1, -0.05) is 31.2 Å². The Kier molecular flexibility index (Phi) is 7.59. The minimum atomic E-state index is -0.472. The zero-order chi connectivity index (χ0) is 10.6. The van der Waals surface area contributed by atoms with Crippen LogP contribution in [0.2, 0.25) is 0 Å². The molecular weight excluding hydrogens is 467 g/mol. The van der Waals surface area contributed by atoms with Gasteiger partial charge in [-0.05, 0) is 0 Å². The quantitative estimate of drug-likeness (QED) is 0.605. The molecule has 3 heteroatoms. The van der Waals surface area contributed by atoms with E-state index in [0.717, 1.165) is 22.9 Å². The summed E-state index contributed by atoms with van der Waals surface area (Å²) in [6.45, 7) is 4.01. The van der Waals surface area contributed by atoms with Gasteiger partial charge in [-0.25, -0.2) is 0 Å². The summed E-state index contributed by atoms with van der Waals surface area (Å²) in [6, 6.07) is 8.83. The third-order valence-electron chi connectivity index (χ3n) is 2.69. The molecular formula is C12H13AcBrO-2. The van der Waals surface area contributed by atoms with E-state index in [1.165, 1.54) is 0 Å². The Balaban J connectivity index is 0.00000196. The molecule has 0 bridgehead atoms. The van der Waals surface area contributed by atoms with Crippen LogP contribution in [0.1, 0.15) is 32.3 Å². The van der Waals surface area contributed by atoms with Crippen molar-refractivity contribution in [1.82, 2.24) is 0 Å². The van der Waals surface area contributed by atoms with Gasteiger partial charge in [0.25, 0.3) is 0 Å². The molecule has 1 nitrogen and oxygen atoms in total. The van der Waals surface area contributed by atoms with Gasteiger partial charge in [0.1, 0.15) is 0 Å². The van der Waals surface area contributed by atoms with Gasteiger partial charge in [-0.3, -0.25) is 6.29 Å². The molecule has 0 saturated carbocycles. The van der Waals surface area contributed by atoms with E-state index in [1.807, 2.05) is 32.0 Å². The average Bonchev–Trinajstić information content (AvgIpc) is 2.24. The first kappa shape index (κ1) is 15.8. The maximum absolute atomic E-state index is 11.0. The van der Waals surface area contributed by atoms with Crippen LogP contribution >= 0.6 is 15.9 Å². The summed E-state index contributed by atoms with van der Waals surface area (Å²) >= 11 is 3.35. The maximum atomic E-state index is 11.0. The molecule has 0 spiro atoms. The van der Waals surface area contributed by atoms with Crippen LogP contribution in [0, 0.1) is 50.1 Å². The predicted molar refractivity (Wildman–Crippen MR) is 60.9 cm³/mol. The first-order chi connectivity index (χ1) is 6.68. The van der Waals surface area contributed by atoms with E-state index in [0.29, 0.717) is 0 Å². The number of carbonyl (C=O) groups excluding carboxylic acids is 1. The number of benzene rings is 1. The Bertz CT molecular complexity index is 304. The predicted octanol–water partition coefficient (Wildman–Crippen LogP) is 3.42. The Morgan fingerprint density at radius 3 is 2.33 bits per heavy atom. The molecule has 0 amide bonds. The van der Waals surface area contributed by atoms with Crippen molar-refractivity contribution in [2.45, 2.75) is 32.1 Å². The van der Waals surface area contributed by atoms with E-state index in [-0.39, 0.29) is 44.1 Å². The summed E-state index contributed by atoms with van der Waals surface area (Å²) in [5.74, 6) is 0. The van der Waals surface area contributed by atoms with Gasteiger partial charge >= 0.3 is 0 Å². The van der Waals surface area contributed by atoms with E-state index >= 15 is 0 Å². The van der Waals surface area contributed by atoms with Gasteiger partial charge in [-0.2, -0.15) is 29.8 Å². The molecule has 1 aromatic carbocycles. The SMILES string of the molecule is CCC([C-]=O)(CC)c1[c-]cc(Br)cc1.[Ac]. The molecule has 15 heavy (non-hydrogen) atoms. The van der Waals surface area contributed by atoms with Crippen molar-refractivity contribution < 1.29 is 48.9 Å². The van der Waals surface area contributed by atoms with Gasteiger partial charge in [-0.15, -0.1) is 21.3 Å². The zero-order valence-corrected chi connectivity index (χ0v) is 15.3. The molecule has 1 aromatic rings. The first-order valence-electron chi connectivity index (χ1n) is 4.75. The first-order valence-corrected chi connectivity index (χ1v) is 5.55. The fourth-order valence-electron chi connectivity index (χ4n) is 1.53. The molecule has 0 heterocycles. The summed E-state index contributed by atoms with van der Waals surface area (Å²) in [5.41, 5.74) is 0.460. The number of hydrogen-bond acceptors (Lipinski definition) is 1. The van der Waals surface area contributed by atoms with Crippen molar-refractivity contribution in [3.05, 3.63) is 34.3 Å². The summed E-state index contributed by atoms with van der Waals surface area (Å²) in [7, 11) is 0. The van der Waals surface area contributed by atoms with Gasteiger partial charge in [0.05, 0.1) is 0 Å². The second kappa shape index (κ2) is 7.20. The second-order valence-electron chi connectivity index (χ2n) is 3.31. The standard InChI is InChI=1S/C12H13BrO.Ac/c1-3-12(4-2,9-14)10-5-7-11(13)8-6-10;/h5,7-8H,3-4H2,1-2H3;/q-2;. The van der Waals surface area contributed by atoms with E-state index in [2.05, 4.69) is 28.3 Å². The van der Waals surface area contributed by atoms with Crippen molar-refractivity contribution in [2.75, 3.05) is 0 Å². The largest absolute Gasteiger partial charge is 0.541 e. The molecule has 1 radical (unpaired) electrons. The van der Waals surface area contributed by atoms with E-state index in [9.17, 15) is 4.79 Å². The van der Waals surface area contributed by atoms with Crippen molar-refractivity contribution in [3.8, 4) is 0 Å². The van der Waals surface area contributed by atoms with Crippen LogP contribution in [0.3, 0.4) is 0 Å². The fraction of sp³-hybridized carbons (Fsp3) is 0.417. The van der Waals surface area contributed by atoms with Crippen molar-refractivity contribution in [1.29, 1.82) is 0 Å². The smallest absolute Gasteiger partial charge is 0 e. The zero-order valence-electron chi connectivity index (χ0n) is 9.01. The molecule has 0 atom stereocenters. The Morgan fingerprint density at radius 2 is 2.00 bits per heavy atom. The van der Waals surface area contributed by atoms with Crippen LogP contribution < -0.4 is 0 Å². The van der Waals surface area contributed by atoms with Crippen LogP contribution in [-0.4, -0.2) is 6.29 Å². The number of hydrogen-bond donors (Lipinski definition) is 0. The summed E-state index contributed by atoms with van der Waals surface area (Å²) in [6.07, 6.45) is 3.69. The minimum Gasteiger partial charge on any atom is -0.541 e. The maximum Gasteiger partial charge on any atom is 0 e. The van der Waals surface area contributed by atoms with Crippen LogP contribution in [0.4, 0.5) is 0 Å². The Morgan fingerprint density at radius 1 is 1.40 bits per heavy atom. The van der Waals surface area contributed by atoms with Crippen LogP contribution in [0.15, 0.2) is 22.7 Å². The molecule has 1 rings (SSSR count). The molecule has 0 N–H and O–H groups in total. The van der Waals surface area contributed by atoms with Crippen molar-refractivity contribution in [3.63, 3.8) is 0 Å². The molecule has 0 unspecified atom stereocenters. The molecule has 0 aliphatic heterocycles. The molecule has 0 aromatic heterocycles. The normalized spacial score (nSPS) is 10.6. The minimum absolute atomic E-state index is 0. The fourth-order valence-corrected chi connectivity index (χ4v) is 1.78. The van der Waals surface area contributed by atoms with Crippen LogP contribution in [0.25, 0.3) is 0 Å². The molecule has 0 saturated heterocycles. The number of rotatable bonds is 4. The molecule has 79 valence electrons. The van der Waals surface area contributed by atoms with E-state index in [1.54, 1.807) is 0 Å². The van der Waals surface area contributed by atoms with Crippen LogP contribution in [0.5, 0.6) is 0 Å². The summed E-state index contributed by atoms with van der Waals surface area (Å²) in [4.78, 5) is 11.0. The van der Waals surface area contributed by atoms with Gasteiger partial charge in [0.15, 0.2) is 0 Å². The topological polar surface area (TPSA) is 17.1 Å². The monoisotopic (exact) mass is 479 g/mol. The van der Waals surface area contributed by atoms with Gasteiger partial charge < -0.3 is 4.79 Å². The average molecular weight is 480 g/mol. The number of halogens is 1. The molecule has 0 aliphatic rings. The third-order valence-corrected chi connectivity index (χ3v) is 3.19. The van der Waals surface area contributed by atoms with E-state index in [4.69, 9.17) is 0 Å². The Labute approximate surface area is 136 Å². The van der Waals surface area contributed by atoms with Gasteiger partial charge in [0, 0.05) is 44.1 Å². The summed E-state index contributed by atoms with van der Waals surface area (Å²) in [5, 5.41) is 0. The van der Waals surface area contributed by atoms with Crippen molar-refractivity contribution in [2.24, 2.45) is 0 Å². The Hall–Kier alpha value is 0.812. The summed E-state index contributed by atoms with van der Waals surface area (Å²) < 4.78 is 0.980. The van der Waals surface area contributed by atoms with Crippen LogP contribution in [-0.2, 0) is 10.2 Å².